The minimum Gasteiger partial charge on any atom is -0.480 e. The number of nitrogens with one attached hydrogen (secondary N) is 1. The lowest BCUT2D eigenvalue weighted by atomic mass is 10.0. The molecule has 1 rings (SSSR count). The standard InChI is InChI=1S/C12H15FN2O3/c1-6(2)10(12(17)18)15-11(16)7-3-4-9(14)8(13)5-7/h3-6,10H,14H2,1-2H3,(H,15,16)(H,17,18). The topological polar surface area (TPSA) is 92.4 Å². The van der Waals surface area contributed by atoms with Crippen LogP contribution in [0.1, 0.15) is 24.2 Å². The van der Waals surface area contributed by atoms with Gasteiger partial charge in [-0.2, -0.15) is 0 Å². The van der Waals surface area contributed by atoms with Crippen LogP contribution in [0.4, 0.5) is 10.1 Å². The second-order valence-corrected chi connectivity index (χ2v) is 4.27. The molecule has 0 spiro atoms. The molecule has 6 heteroatoms. The van der Waals surface area contributed by atoms with Crippen molar-refractivity contribution in [3.05, 3.63) is 29.6 Å². The van der Waals surface area contributed by atoms with Crippen molar-refractivity contribution >= 4 is 17.6 Å². The molecule has 18 heavy (non-hydrogen) atoms. The Morgan fingerprint density at radius 1 is 1.39 bits per heavy atom. The zero-order valence-corrected chi connectivity index (χ0v) is 10.1. The van der Waals surface area contributed by atoms with Gasteiger partial charge in [0.2, 0.25) is 0 Å². The predicted molar refractivity (Wildman–Crippen MR) is 64.5 cm³/mol. The Morgan fingerprint density at radius 2 is 2.00 bits per heavy atom. The Labute approximate surface area is 104 Å². The highest BCUT2D eigenvalue weighted by Crippen LogP contribution is 2.12. The molecule has 1 aromatic carbocycles. The zero-order chi connectivity index (χ0) is 13.9. The average Bonchev–Trinajstić information content (AvgIpc) is 2.28. The van der Waals surface area contributed by atoms with Crippen LogP contribution in [-0.2, 0) is 4.79 Å². The molecule has 5 nitrogen and oxygen atoms in total. The van der Waals surface area contributed by atoms with E-state index >= 15 is 0 Å². The normalized spacial score (nSPS) is 12.2. The number of benzene rings is 1. The van der Waals surface area contributed by atoms with Gasteiger partial charge in [-0.15, -0.1) is 0 Å². The summed E-state index contributed by atoms with van der Waals surface area (Å²) in [6.45, 7) is 3.34. The molecule has 1 atom stereocenters. The summed E-state index contributed by atoms with van der Waals surface area (Å²) in [6, 6.07) is 2.56. The number of rotatable bonds is 4. The smallest absolute Gasteiger partial charge is 0.326 e. The summed E-state index contributed by atoms with van der Waals surface area (Å²) >= 11 is 0. The van der Waals surface area contributed by atoms with Gasteiger partial charge in [-0.1, -0.05) is 13.8 Å². The van der Waals surface area contributed by atoms with Crippen molar-refractivity contribution in [3.63, 3.8) is 0 Å². The van der Waals surface area contributed by atoms with Crippen molar-refractivity contribution < 1.29 is 19.1 Å². The van der Waals surface area contributed by atoms with E-state index in [1.165, 1.54) is 12.1 Å². The highest BCUT2D eigenvalue weighted by Gasteiger charge is 2.24. The second kappa shape index (κ2) is 5.48. The Kier molecular flexibility index (Phi) is 4.25. The highest BCUT2D eigenvalue weighted by atomic mass is 19.1. The summed E-state index contributed by atoms with van der Waals surface area (Å²) in [4.78, 5) is 22.7. The molecule has 0 aliphatic rings. The summed E-state index contributed by atoms with van der Waals surface area (Å²) in [5.74, 6) is -2.76. The monoisotopic (exact) mass is 254 g/mol. The summed E-state index contributed by atoms with van der Waals surface area (Å²) < 4.78 is 13.2. The molecule has 0 aromatic heterocycles. The fraction of sp³-hybridized carbons (Fsp3) is 0.333. The summed E-state index contributed by atoms with van der Waals surface area (Å²) in [5, 5.41) is 11.3. The third kappa shape index (κ3) is 3.19. The number of carbonyl (C=O) groups excluding carboxylic acids is 1. The number of hydrogen-bond donors (Lipinski definition) is 3. The van der Waals surface area contributed by atoms with Gasteiger partial charge in [0.25, 0.3) is 5.91 Å². The van der Waals surface area contributed by atoms with Crippen LogP contribution in [0, 0.1) is 11.7 Å². The summed E-state index contributed by atoms with van der Waals surface area (Å²) in [6.07, 6.45) is 0. The van der Waals surface area contributed by atoms with Crippen LogP contribution in [0.25, 0.3) is 0 Å². The van der Waals surface area contributed by atoms with Crippen LogP contribution < -0.4 is 11.1 Å². The number of carboxylic acids is 1. The van der Waals surface area contributed by atoms with E-state index in [0.717, 1.165) is 6.07 Å². The number of nitrogens with two attached hydrogens (primary N) is 1. The average molecular weight is 254 g/mol. The van der Waals surface area contributed by atoms with Gasteiger partial charge in [0.15, 0.2) is 0 Å². The Bertz CT molecular complexity index is 474. The van der Waals surface area contributed by atoms with E-state index in [1.807, 2.05) is 0 Å². The molecule has 98 valence electrons. The molecular weight excluding hydrogens is 239 g/mol. The quantitative estimate of drug-likeness (QED) is 0.705. The number of amides is 1. The molecule has 0 fully saturated rings. The minimum atomic E-state index is -1.13. The summed E-state index contributed by atoms with van der Waals surface area (Å²) in [7, 11) is 0. The Morgan fingerprint density at radius 3 is 2.44 bits per heavy atom. The number of carbonyl (C=O) groups is 2. The van der Waals surface area contributed by atoms with E-state index < -0.39 is 23.7 Å². The molecule has 0 aliphatic heterocycles. The molecule has 4 N–H and O–H groups in total. The van der Waals surface area contributed by atoms with Gasteiger partial charge in [0.05, 0.1) is 5.69 Å². The molecule has 0 bridgehead atoms. The first-order valence-electron chi connectivity index (χ1n) is 5.41. The largest absolute Gasteiger partial charge is 0.480 e. The zero-order valence-electron chi connectivity index (χ0n) is 10.1. The van der Waals surface area contributed by atoms with Crippen molar-refractivity contribution in [1.82, 2.24) is 5.32 Å². The maximum absolute atomic E-state index is 13.2. The molecule has 0 aliphatic carbocycles. The minimum absolute atomic E-state index is 0.0357. The van der Waals surface area contributed by atoms with Crippen molar-refractivity contribution in [3.8, 4) is 0 Å². The molecule has 1 aromatic rings. The van der Waals surface area contributed by atoms with Crippen molar-refractivity contribution in [1.29, 1.82) is 0 Å². The predicted octanol–water partition coefficient (Wildman–Crippen LogP) is 1.25. The number of halogens is 1. The molecule has 0 saturated heterocycles. The maximum atomic E-state index is 13.2. The molecule has 0 radical (unpaired) electrons. The number of anilines is 1. The van der Waals surface area contributed by atoms with Gasteiger partial charge >= 0.3 is 5.97 Å². The highest BCUT2D eigenvalue weighted by molar-refractivity contribution is 5.96. The molecule has 0 saturated carbocycles. The lowest BCUT2D eigenvalue weighted by molar-refractivity contribution is -0.140. The van der Waals surface area contributed by atoms with Crippen LogP contribution in [-0.4, -0.2) is 23.0 Å². The van der Waals surface area contributed by atoms with Gasteiger partial charge in [-0.25, -0.2) is 9.18 Å². The van der Waals surface area contributed by atoms with Gasteiger partial charge in [-0.3, -0.25) is 4.79 Å². The molecule has 1 unspecified atom stereocenters. The fourth-order valence-electron chi connectivity index (χ4n) is 1.41. The fourth-order valence-corrected chi connectivity index (χ4v) is 1.41. The third-order valence-electron chi connectivity index (χ3n) is 2.48. The Balaban J connectivity index is 2.87. The van der Waals surface area contributed by atoms with E-state index in [2.05, 4.69) is 5.32 Å². The van der Waals surface area contributed by atoms with E-state index in [9.17, 15) is 14.0 Å². The number of nitrogen functional groups attached to an aromatic ring is 1. The van der Waals surface area contributed by atoms with E-state index in [0.29, 0.717) is 0 Å². The molecule has 1 amide bonds. The molecule has 0 heterocycles. The first kappa shape index (κ1) is 14.0. The van der Waals surface area contributed by atoms with Crippen LogP contribution in [0.5, 0.6) is 0 Å². The van der Waals surface area contributed by atoms with Gasteiger partial charge in [-0.05, 0) is 24.1 Å². The summed E-state index contributed by atoms with van der Waals surface area (Å²) in [5.41, 5.74) is 5.26. The second-order valence-electron chi connectivity index (χ2n) is 4.27. The number of aliphatic carboxylic acids is 1. The first-order chi connectivity index (χ1) is 8.32. The number of carboxylic acid groups (broad SMARTS) is 1. The van der Waals surface area contributed by atoms with E-state index in [-0.39, 0.29) is 17.2 Å². The van der Waals surface area contributed by atoms with Crippen LogP contribution in [0.3, 0.4) is 0 Å². The van der Waals surface area contributed by atoms with Gasteiger partial charge < -0.3 is 16.2 Å². The van der Waals surface area contributed by atoms with Crippen LogP contribution in [0.15, 0.2) is 18.2 Å². The van der Waals surface area contributed by atoms with Crippen molar-refractivity contribution in [2.45, 2.75) is 19.9 Å². The SMILES string of the molecule is CC(C)C(NC(=O)c1ccc(N)c(F)c1)C(=O)O. The van der Waals surface area contributed by atoms with Gasteiger partial charge in [0, 0.05) is 5.56 Å². The third-order valence-corrected chi connectivity index (χ3v) is 2.48. The lowest BCUT2D eigenvalue weighted by Crippen LogP contribution is -2.44. The van der Waals surface area contributed by atoms with Crippen molar-refractivity contribution in [2.75, 3.05) is 5.73 Å². The number of hydrogen-bond acceptors (Lipinski definition) is 3. The van der Waals surface area contributed by atoms with Crippen molar-refractivity contribution in [2.24, 2.45) is 5.92 Å². The van der Waals surface area contributed by atoms with Crippen LogP contribution >= 0.6 is 0 Å². The maximum Gasteiger partial charge on any atom is 0.326 e. The van der Waals surface area contributed by atoms with Crippen LogP contribution in [0.2, 0.25) is 0 Å². The first-order valence-corrected chi connectivity index (χ1v) is 5.41. The van der Waals surface area contributed by atoms with Gasteiger partial charge in [0.1, 0.15) is 11.9 Å². The lowest BCUT2D eigenvalue weighted by Gasteiger charge is -2.17. The van der Waals surface area contributed by atoms with E-state index in [4.69, 9.17) is 10.8 Å². The van der Waals surface area contributed by atoms with E-state index in [1.54, 1.807) is 13.8 Å². The molecular formula is C12H15FN2O3. The Hall–Kier alpha value is -2.11.